The summed E-state index contributed by atoms with van der Waals surface area (Å²) in [6.45, 7) is 5.99. The van der Waals surface area contributed by atoms with E-state index in [0.29, 0.717) is 12.1 Å². The molecule has 2 aromatic rings. The normalized spacial score (nSPS) is 12.0. The van der Waals surface area contributed by atoms with E-state index in [2.05, 4.69) is 10.3 Å². The predicted molar refractivity (Wildman–Crippen MR) is 95.0 cm³/mol. The molecular weight excluding hydrogens is 324 g/mol. The second kappa shape index (κ2) is 8.06. The number of aryl methyl sites for hydroxylation is 1. The number of nitrogens with one attached hydrogen (secondary N) is 1. The molecule has 5 nitrogen and oxygen atoms in total. The number of carbonyl (C=O) groups is 2. The van der Waals surface area contributed by atoms with Crippen LogP contribution in [0.3, 0.4) is 0 Å². The minimum atomic E-state index is -0.660. The molecule has 1 N–H and O–H groups in total. The standard InChI is InChI=1S/C18H22N2O3S/c1-11(2)9-14(18(22)23-4)19-16(21)15-10-24-17(20-15)13-7-5-12(3)6-8-13/h5-8,10-11,14H,9H2,1-4H3,(H,19,21). The van der Waals surface area contributed by atoms with Gasteiger partial charge in [0.15, 0.2) is 0 Å². The molecule has 0 fully saturated rings. The van der Waals surface area contributed by atoms with Gasteiger partial charge in [0, 0.05) is 10.9 Å². The van der Waals surface area contributed by atoms with Crippen LogP contribution in [-0.2, 0) is 9.53 Å². The zero-order valence-corrected chi connectivity index (χ0v) is 15.1. The Morgan fingerprint density at radius 3 is 2.50 bits per heavy atom. The molecule has 128 valence electrons. The maximum absolute atomic E-state index is 12.4. The fourth-order valence-electron chi connectivity index (χ4n) is 2.27. The number of nitrogens with zero attached hydrogens (tertiary/aromatic N) is 1. The number of ether oxygens (including phenoxy) is 1. The number of amides is 1. The highest BCUT2D eigenvalue weighted by Gasteiger charge is 2.24. The van der Waals surface area contributed by atoms with Crippen LogP contribution in [0.5, 0.6) is 0 Å². The van der Waals surface area contributed by atoms with E-state index in [1.165, 1.54) is 24.0 Å². The Morgan fingerprint density at radius 2 is 1.92 bits per heavy atom. The Kier molecular flexibility index (Phi) is 6.09. The molecule has 0 saturated heterocycles. The maximum atomic E-state index is 12.4. The van der Waals surface area contributed by atoms with Crippen LogP contribution < -0.4 is 5.32 Å². The molecule has 1 aromatic carbocycles. The Hall–Kier alpha value is -2.21. The van der Waals surface area contributed by atoms with Crippen molar-refractivity contribution in [3.05, 3.63) is 40.9 Å². The number of methoxy groups -OCH3 is 1. The van der Waals surface area contributed by atoms with Gasteiger partial charge >= 0.3 is 5.97 Å². The van der Waals surface area contributed by atoms with Crippen molar-refractivity contribution >= 4 is 23.2 Å². The molecule has 0 saturated carbocycles. The summed E-state index contributed by atoms with van der Waals surface area (Å²) in [6.07, 6.45) is 0.521. The van der Waals surface area contributed by atoms with Crippen molar-refractivity contribution in [1.29, 1.82) is 0 Å². The number of hydrogen-bond acceptors (Lipinski definition) is 5. The zero-order valence-electron chi connectivity index (χ0n) is 14.3. The van der Waals surface area contributed by atoms with Crippen LogP contribution in [0.4, 0.5) is 0 Å². The fourth-order valence-corrected chi connectivity index (χ4v) is 3.07. The van der Waals surface area contributed by atoms with Crippen molar-refractivity contribution in [2.45, 2.75) is 33.2 Å². The van der Waals surface area contributed by atoms with Gasteiger partial charge in [0.05, 0.1) is 7.11 Å². The van der Waals surface area contributed by atoms with Crippen molar-refractivity contribution in [2.75, 3.05) is 7.11 Å². The highest BCUT2D eigenvalue weighted by Crippen LogP contribution is 2.24. The van der Waals surface area contributed by atoms with Gasteiger partial charge in [-0.2, -0.15) is 0 Å². The van der Waals surface area contributed by atoms with Gasteiger partial charge in [-0.25, -0.2) is 9.78 Å². The molecule has 0 aliphatic heterocycles. The summed E-state index contributed by atoms with van der Waals surface area (Å²) < 4.78 is 4.76. The van der Waals surface area contributed by atoms with E-state index in [1.807, 2.05) is 45.0 Å². The monoisotopic (exact) mass is 346 g/mol. The molecule has 0 radical (unpaired) electrons. The maximum Gasteiger partial charge on any atom is 0.328 e. The summed E-state index contributed by atoms with van der Waals surface area (Å²) in [5.41, 5.74) is 2.45. The van der Waals surface area contributed by atoms with E-state index in [0.717, 1.165) is 10.6 Å². The zero-order chi connectivity index (χ0) is 17.7. The van der Waals surface area contributed by atoms with E-state index in [1.54, 1.807) is 5.38 Å². The summed E-state index contributed by atoms with van der Waals surface area (Å²) in [6, 6.07) is 7.31. The van der Waals surface area contributed by atoms with Crippen LogP contribution in [0.15, 0.2) is 29.6 Å². The summed E-state index contributed by atoms with van der Waals surface area (Å²) in [5.74, 6) is -0.542. The largest absolute Gasteiger partial charge is 0.467 e. The van der Waals surface area contributed by atoms with E-state index in [4.69, 9.17) is 4.74 Å². The van der Waals surface area contributed by atoms with E-state index in [-0.39, 0.29) is 11.8 Å². The molecule has 1 aromatic heterocycles. The summed E-state index contributed by atoms with van der Waals surface area (Å²) in [7, 11) is 1.32. The van der Waals surface area contributed by atoms with Gasteiger partial charge in [0.25, 0.3) is 5.91 Å². The van der Waals surface area contributed by atoms with E-state index >= 15 is 0 Å². The van der Waals surface area contributed by atoms with Crippen molar-refractivity contribution in [2.24, 2.45) is 5.92 Å². The van der Waals surface area contributed by atoms with E-state index in [9.17, 15) is 9.59 Å². The molecule has 2 rings (SSSR count). The molecule has 0 spiro atoms. The van der Waals surface area contributed by atoms with Crippen molar-refractivity contribution in [1.82, 2.24) is 10.3 Å². The van der Waals surface area contributed by atoms with Crippen LogP contribution >= 0.6 is 11.3 Å². The third-order valence-electron chi connectivity index (χ3n) is 3.53. The molecular formula is C18H22N2O3S. The number of carbonyl (C=O) groups excluding carboxylic acids is 2. The molecule has 1 amide bonds. The first-order valence-electron chi connectivity index (χ1n) is 7.82. The highest BCUT2D eigenvalue weighted by molar-refractivity contribution is 7.13. The average Bonchev–Trinajstić information content (AvgIpc) is 3.03. The summed E-state index contributed by atoms with van der Waals surface area (Å²) in [4.78, 5) is 28.6. The number of aromatic nitrogens is 1. The van der Waals surface area contributed by atoms with Crippen LogP contribution in [0, 0.1) is 12.8 Å². The lowest BCUT2D eigenvalue weighted by Crippen LogP contribution is -2.42. The number of thiazole rings is 1. The predicted octanol–water partition coefficient (Wildman–Crippen LogP) is 3.44. The Bertz CT molecular complexity index is 707. The third-order valence-corrected chi connectivity index (χ3v) is 4.42. The Labute approximate surface area is 146 Å². The van der Waals surface area contributed by atoms with Gasteiger partial charge in [-0.15, -0.1) is 11.3 Å². The van der Waals surface area contributed by atoms with E-state index < -0.39 is 12.0 Å². The molecule has 0 aliphatic rings. The van der Waals surface area contributed by atoms with Gasteiger partial charge in [0.1, 0.15) is 16.7 Å². The third kappa shape index (κ3) is 4.64. The van der Waals surface area contributed by atoms with Gasteiger partial charge in [0.2, 0.25) is 0 Å². The van der Waals surface area contributed by atoms with Crippen LogP contribution in [0.1, 0.15) is 36.3 Å². The molecule has 1 heterocycles. The molecule has 0 aliphatic carbocycles. The highest BCUT2D eigenvalue weighted by atomic mass is 32.1. The lowest BCUT2D eigenvalue weighted by atomic mass is 10.0. The topological polar surface area (TPSA) is 68.3 Å². The Balaban J connectivity index is 2.12. The van der Waals surface area contributed by atoms with Crippen LogP contribution in [0.2, 0.25) is 0 Å². The van der Waals surface area contributed by atoms with Gasteiger partial charge < -0.3 is 10.1 Å². The second-order valence-electron chi connectivity index (χ2n) is 6.08. The number of benzene rings is 1. The number of esters is 1. The van der Waals surface area contributed by atoms with Gasteiger partial charge in [-0.05, 0) is 19.3 Å². The van der Waals surface area contributed by atoms with Crippen LogP contribution in [-0.4, -0.2) is 30.0 Å². The van der Waals surface area contributed by atoms with Crippen molar-refractivity contribution in [3.8, 4) is 10.6 Å². The first-order chi connectivity index (χ1) is 11.4. The van der Waals surface area contributed by atoms with Crippen LogP contribution in [0.25, 0.3) is 10.6 Å². The first-order valence-corrected chi connectivity index (χ1v) is 8.70. The first kappa shape index (κ1) is 18.1. The minimum Gasteiger partial charge on any atom is -0.467 e. The molecule has 1 atom stereocenters. The van der Waals surface area contributed by atoms with Crippen molar-refractivity contribution in [3.63, 3.8) is 0 Å². The molecule has 1 unspecified atom stereocenters. The summed E-state index contributed by atoms with van der Waals surface area (Å²) in [5, 5.41) is 5.20. The molecule has 0 bridgehead atoms. The second-order valence-corrected chi connectivity index (χ2v) is 6.94. The minimum absolute atomic E-state index is 0.257. The Morgan fingerprint density at radius 1 is 1.25 bits per heavy atom. The lowest BCUT2D eigenvalue weighted by Gasteiger charge is -2.17. The van der Waals surface area contributed by atoms with Gasteiger partial charge in [-0.1, -0.05) is 43.7 Å². The quantitative estimate of drug-likeness (QED) is 0.814. The lowest BCUT2D eigenvalue weighted by molar-refractivity contribution is -0.143. The summed E-state index contributed by atoms with van der Waals surface area (Å²) >= 11 is 1.40. The molecule has 6 heteroatoms. The fraction of sp³-hybridized carbons (Fsp3) is 0.389. The smallest absolute Gasteiger partial charge is 0.328 e. The SMILES string of the molecule is COC(=O)C(CC(C)C)NC(=O)c1csc(-c2ccc(C)cc2)n1. The number of rotatable bonds is 6. The molecule has 24 heavy (non-hydrogen) atoms. The van der Waals surface area contributed by atoms with Gasteiger partial charge in [-0.3, -0.25) is 4.79 Å². The average molecular weight is 346 g/mol. The number of hydrogen-bond donors (Lipinski definition) is 1. The van der Waals surface area contributed by atoms with Crippen molar-refractivity contribution < 1.29 is 14.3 Å².